The lowest BCUT2D eigenvalue weighted by Crippen LogP contribution is -2.23. The summed E-state index contributed by atoms with van der Waals surface area (Å²) in [6.07, 6.45) is 1.62. The molecule has 0 aliphatic rings. The van der Waals surface area contributed by atoms with Gasteiger partial charge in [0.05, 0.1) is 30.9 Å². The van der Waals surface area contributed by atoms with Crippen molar-refractivity contribution in [3.8, 4) is 5.75 Å². The van der Waals surface area contributed by atoms with E-state index in [2.05, 4.69) is 10.4 Å². The summed E-state index contributed by atoms with van der Waals surface area (Å²) < 4.78 is 6.84. The summed E-state index contributed by atoms with van der Waals surface area (Å²) in [6.45, 7) is 0.397. The normalized spacial score (nSPS) is 11.4. The van der Waals surface area contributed by atoms with Crippen molar-refractivity contribution >= 4 is 51.5 Å². The number of hydrogen-bond donors (Lipinski definition) is 2. The highest BCUT2D eigenvalue weighted by Crippen LogP contribution is 2.28. The second kappa shape index (κ2) is 8.71. The van der Waals surface area contributed by atoms with Crippen LogP contribution in [0.4, 0.5) is 5.82 Å². The number of ether oxygens (including phenoxy) is 1. The van der Waals surface area contributed by atoms with E-state index in [0.717, 1.165) is 10.4 Å². The molecule has 8 nitrogen and oxygen atoms in total. The van der Waals surface area contributed by atoms with Gasteiger partial charge in [0, 0.05) is 10.4 Å². The maximum atomic E-state index is 13.2. The molecule has 9 heteroatoms. The zero-order valence-corrected chi connectivity index (χ0v) is 18.5. The van der Waals surface area contributed by atoms with Crippen molar-refractivity contribution in [1.29, 1.82) is 0 Å². The Labute approximate surface area is 193 Å². The van der Waals surface area contributed by atoms with Gasteiger partial charge >= 0.3 is 0 Å². The van der Waals surface area contributed by atoms with Gasteiger partial charge in [-0.2, -0.15) is 9.78 Å². The molecule has 164 valence electrons. The second-order valence-corrected chi connectivity index (χ2v) is 8.24. The minimum Gasteiger partial charge on any atom is -0.496 e. The molecule has 3 N–H and O–H groups in total. The number of amides is 1. The highest BCUT2D eigenvalue weighted by atomic mass is 32.1. The number of carbonyl (C=O) groups excluding carboxylic acids is 1. The molecule has 0 aliphatic heterocycles. The number of nitrogens with two attached hydrogens (primary N) is 1. The first kappa shape index (κ1) is 20.7. The van der Waals surface area contributed by atoms with Crippen LogP contribution in [-0.4, -0.2) is 33.9 Å². The third-order valence-electron chi connectivity index (χ3n) is 5.16. The van der Waals surface area contributed by atoms with Crippen molar-refractivity contribution in [3.05, 3.63) is 82.0 Å². The maximum absolute atomic E-state index is 13.2. The Morgan fingerprint density at radius 1 is 1.12 bits per heavy atom. The summed E-state index contributed by atoms with van der Waals surface area (Å²) in [5.41, 5.74) is 9.60. The summed E-state index contributed by atoms with van der Waals surface area (Å²) in [6, 6.07) is 18.8. The first-order valence-corrected chi connectivity index (χ1v) is 11.1. The first-order chi connectivity index (χ1) is 16.2. The SMILES string of the molecule is COc1ccccc1C=Nn1c(N)c(C(=O)NCc2cccs2)c2nc3ccccc3nc21. The zero-order chi connectivity index (χ0) is 22.8. The summed E-state index contributed by atoms with van der Waals surface area (Å²) in [4.78, 5) is 23.6. The smallest absolute Gasteiger partial charge is 0.257 e. The van der Waals surface area contributed by atoms with E-state index in [4.69, 9.17) is 20.4 Å². The molecule has 0 aliphatic carbocycles. The van der Waals surface area contributed by atoms with Crippen LogP contribution >= 0.6 is 11.3 Å². The topological polar surface area (TPSA) is 107 Å². The van der Waals surface area contributed by atoms with Gasteiger partial charge in [0.25, 0.3) is 5.91 Å². The van der Waals surface area contributed by atoms with Crippen molar-refractivity contribution < 1.29 is 9.53 Å². The fourth-order valence-electron chi connectivity index (χ4n) is 3.55. The van der Waals surface area contributed by atoms with Crippen LogP contribution in [-0.2, 0) is 6.54 Å². The molecule has 0 radical (unpaired) electrons. The van der Waals surface area contributed by atoms with Crippen LogP contribution in [0.5, 0.6) is 5.75 Å². The molecular formula is C24H20N6O2S. The predicted octanol–water partition coefficient (Wildman–Crippen LogP) is 4.05. The molecule has 0 saturated carbocycles. The average Bonchev–Trinajstić information content (AvgIpc) is 3.45. The molecule has 3 aromatic heterocycles. The van der Waals surface area contributed by atoms with Crippen LogP contribution < -0.4 is 15.8 Å². The third kappa shape index (κ3) is 3.90. The molecule has 0 bridgehead atoms. The molecule has 0 fully saturated rings. The van der Waals surface area contributed by atoms with E-state index in [1.807, 2.05) is 66.0 Å². The number of nitrogens with zero attached hydrogens (tertiary/aromatic N) is 4. The summed E-state index contributed by atoms with van der Waals surface area (Å²) >= 11 is 1.57. The van der Waals surface area contributed by atoms with Crippen LogP contribution in [0.25, 0.3) is 22.2 Å². The largest absolute Gasteiger partial charge is 0.496 e. The minimum atomic E-state index is -0.332. The summed E-state index contributed by atoms with van der Waals surface area (Å²) in [5.74, 6) is 0.499. The van der Waals surface area contributed by atoms with Crippen LogP contribution in [0, 0.1) is 0 Å². The van der Waals surface area contributed by atoms with Crippen LogP contribution in [0.2, 0.25) is 0 Å². The highest BCUT2D eigenvalue weighted by molar-refractivity contribution is 7.09. The summed E-state index contributed by atoms with van der Waals surface area (Å²) in [7, 11) is 1.60. The number of hydrogen-bond acceptors (Lipinski definition) is 7. The van der Waals surface area contributed by atoms with E-state index in [1.54, 1.807) is 24.7 Å². The highest BCUT2D eigenvalue weighted by Gasteiger charge is 2.24. The molecule has 5 aromatic rings. The van der Waals surface area contributed by atoms with Crippen molar-refractivity contribution in [2.45, 2.75) is 6.54 Å². The van der Waals surface area contributed by atoms with Crippen LogP contribution in [0.1, 0.15) is 20.8 Å². The second-order valence-electron chi connectivity index (χ2n) is 7.21. The maximum Gasteiger partial charge on any atom is 0.257 e. The van der Waals surface area contributed by atoms with Gasteiger partial charge in [-0.1, -0.05) is 30.3 Å². The molecule has 0 unspecified atom stereocenters. The van der Waals surface area contributed by atoms with Gasteiger partial charge in [-0.3, -0.25) is 4.79 Å². The van der Waals surface area contributed by atoms with E-state index in [-0.39, 0.29) is 17.3 Å². The fourth-order valence-corrected chi connectivity index (χ4v) is 4.19. The van der Waals surface area contributed by atoms with Gasteiger partial charge in [0.15, 0.2) is 5.65 Å². The number of aromatic nitrogens is 3. The lowest BCUT2D eigenvalue weighted by atomic mass is 10.2. The number of anilines is 1. The fraction of sp³-hybridized carbons (Fsp3) is 0.0833. The van der Waals surface area contributed by atoms with E-state index in [0.29, 0.717) is 34.5 Å². The first-order valence-electron chi connectivity index (χ1n) is 10.2. The molecule has 0 saturated heterocycles. The Morgan fingerprint density at radius 3 is 2.64 bits per heavy atom. The molecule has 0 spiro atoms. The molecular weight excluding hydrogens is 436 g/mol. The number of carbonyl (C=O) groups is 1. The summed E-state index contributed by atoms with van der Waals surface area (Å²) in [5, 5.41) is 9.43. The lowest BCUT2D eigenvalue weighted by molar-refractivity contribution is 0.0953. The quantitative estimate of drug-likeness (QED) is 0.375. The average molecular weight is 457 g/mol. The molecule has 3 heterocycles. The van der Waals surface area contributed by atoms with Crippen molar-refractivity contribution in [2.24, 2.45) is 5.10 Å². The number of methoxy groups -OCH3 is 1. The van der Waals surface area contributed by atoms with E-state index < -0.39 is 0 Å². The van der Waals surface area contributed by atoms with E-state index >= 15 is 0 Å². The molecule has 1 amide bonds. The Morgan fingerprint density at radius 2 is 1.88 bits per heavy atom. The van der Waals surface area contributed by atoms with Crippen molar-refractivity contribution in [2.75, 3.05) is 12.8 Å². The van der Waals surface area contributed by atoms with Gasteiger partial charge in [0.2, 0.25) is 0 Å². The molecule has 33 heavy (non-hydrogen) atoms. The number of rotatable bonds is 6. The Kier molecular flexibility index (Phi) is 5.45. The van der Waals surface area contributed by atoms with Crippen molar-refractivity contribution in [3.63, 3.8) is 0 Å². The van der Waals surface area contributed by atoms with Crippen molar-refractivity contribution in [1.82, 2.24) is 20.0 Å². The van der Waals surface area contributed by atoms with Crippen LogP contribution in [0.15, 0.2) is 71.1 Å². The number of thiophene rings is 1. The minimum absolute atomic E-state index is 0.162. The van der Waals surface area contributed by atoms with E-state index in [1.165, 1.54) is 4.68 Å². The Bertz CT molecular complexity index is 1490. The molecule has 2 aromatic carbocycles. The Balaban J connectivity index is 1.63. The van der Waals surface area contributed by atoms with Gasteiger partial charge in [-0.15, -0.1) is 11.3 Å². The molecule has 5 rings (SSSR count). The number of para-hydroxylation sites is 3. The Hall–Kier alpha value is -4.24. The third-order valence-corrected chi connectivity index (χ3v) is 6.03. The van der Waals surface area contributed by atoms with Gasteiger partial charge in [-0.05, 0) is 35.7 Å². The standard InChI is InChI=1S/C24H20N6O2S/c1-32-19-11-5-2-7-15(19)13-27-30-22(25)20(24(31)26-14-16-8-6-12-33-16)21-23(30)29-18-10-4-3-9-17(18)28-21/h2-13H,14,25H2,1H3,(H,26,31). The van der Waals surface area contributed by atoms with E-state index in [9.17, 15) is 4.79 Å². The number of benzene rings is 2. The number of fused-ring (bicyclic) bond motifs is 2. The zero-order valence-electron chi connectivity index (χ0n) is 17.7. The van der Waals surface area contributed by atoms with Gasteiger partial charge in [-0.25, -0.2) is 9.97 Å². The lowest BCUT2D eigenvalue weighted by Gasteiger charge is -2.05. The van der Waals surface area contributed by atoms with Gasteiger partial charge < -0.3 is 15.8 Å². The molecule has 0 atom stereocenters. The monoisotopic (exact) mass is 456 g/mol. The predicted molar refractivity (Wildman–Crippen MR) is 131 cm³/mol. The van der Waals surface area contributed by atoms with Crippen LogP contribution in [0.3, 0.4) is 0 Å². The number of nitrogens with one attached hydrogen (secondary N) is 1. The van der Waals surface area contributed by atoms with Gasteiger partial charge in [0.1, 0.15) is 22.6 Å². The number of nitrogen functional groups attached to an aromatic ring is 1.